The monoisotopic (exact) mass is 353 g/mol. The number of rotatable bonds is 3. The van der Waals surface area contributed by atoms with E-state index in [1.807, 2.05) is 13.1 Å². The van der Waals surface area contributed by atoms with Gasteiger partial charge >= 0.3 is 0 Å². The summed E-state index contributed by atoms with van der Waals surface area (Å²) in [6, 6.07) is 8.49. The molecule has 0 bridgehead atoms. The molecule has 0 spiro atoms. The van der Waals surface area contributed by atoms with Gasteiger partial charge in [-0.3, -0.25) is 0 Å². The summed E-state index contributed by atoms with van der Waals surface area (Å²) in [4.78, 5) is 0. The molecular formula is C15H16BrNO2S. The summed E-state index contributed by atoms with van der Waals surface area (Å²) in [5, 5.41) is 5.52. The van der Waals surface area contributed by atoms with Crippen LogP contribution in [0, 0.1) is 0 Å². The molecule has 1 aliphatic rings. The van der Waals surface area contributed by atoms with Crippen molar-refractivity contribution in [2.45, 2.75) is 12.5 Å². The summed E-state index contributed by atoms with van der Waals surface area (Å²) in [7, 11) is 1.97. The van der Waals surface area contributed by atoms with Crippen LogP contribution in [0.2, 0.25) is 0 Å². The van der Waals surface area contributed by atoms with Crippen molar-refractivity contribution >= 4 is 27.3 Å². The Hall–Kier alpha value is -1.04. The lowest BCUT2D eigenvalue weighted by molar-refractivity contribution is 0.297. The second-order valence-electron chi connectivity index (χ2n) is 4.66. The van der Waals surface area contributed by atoms with E-state index in [1.165, 1.54) is 11.1 Å². The quantitative estimate of drug-likeness (QED) is 0.905. The summed E-state index contributed by atoms with van der Waals surface area (Å²) in [6.07, 6.45) is 0.928. The van der Waals surface area contributed by atoms with Gasteiger partial charge < -0.3 is 14.8 Å². The lowest BCUT2D eigenvalue weighted by Gasteiger charge is -2.17. The van der Waals surface area contributed by atoms with Crippen LogP contribution >= 0.6 is 27.3 Å². The van der Waals surface area contributed by atoms with Crippen molar-refractivity contribution in [3.63, 3.8) is 0 Å². The minimum absolute atomic E-state index is 0.162. The lowest BCUT2D eigenvalue weighted by Crippen LogP contribution is -2.17. The van der Waals surface area contributed by atoms with Gasteiger partial charge in [0.15, 0.2) is 11.5 Å². The standard InChI is InChI=1S/C15H16BrNO2S/c1-17-15(11-8-14(16)20-9-11)10-3-4-12-13(7-10)19-6-2-5-18-12/h3-4,7-9,15,17H,2,5-6H2,1H3. The second-order valence-corrected chi connectivity index (χ2v) is 6.95. The molecule has 106 valence electrons. The molecule has 1 atom stereocenters. The highest BCUT2D eigenvalue weighted by molar-refractivity contribution is 9.11. The highest BCUT2D eigenvalue weighted by atomic mass is 79.9. The fourth-order valence-electron chi connectivity index (χ4n) is 2.36. The third-order valence-electron chi connectivity index (χ3n) is 3.31. The smallest absolute Gasteiger partial charge is 0.161 e. The van der Waals surface area contributed by atoms with Crippen LogP contribution in [-0.4, -0.2) is 20.3 Å². The van der Waals surface area contributed by atoms with Gasteiger partial charge in [-0.2, -0.15) is 0 Å². The molecule has 0 saturated heterocycles. The van der Waals surface area contributed by atoms with E-state index in [0.29, 0.717) is 6.61 Å². The Morgan fingerprint density at radius 1 is 1.15 bits per heavy atom. The Kier molecular flexibility index (Phi) is 4.29. The summed E-state index contributed by atoms with van der Waals surface area (Å²) < 4.78 is 12.6. The number of benzene rings is 1. The number of thiophene rings is 1. The second kappa shape index (κ2) is 6.16. The maximum absolute atomic E-state index is 5.77. The van der Waals surface area contributed by atoms with Gasteiger partial charge in [0, 0.05) is 6.42 Å². The van der Waals surface area contributed by atoms with Gasteiger partial charge in [-0.05, 0) is 57.7 Å². The molecule has 2 heterocycles. The fourth-order valence-corrected chi connectivity index (χ4v) is 3.56. The van der Waals surface area contributed by atoms with Crippen LogP contribution in [0.15, 0.2) is 33.4 Å². The SMILES string of the molecule is CNC(c1csc(Br)c1)c1ccc2c(c1)OCCCO2. The third kappa shape index (κ3) is 2.85. The molecule has 20 heavy (non-hydrogen) atoms. The molecule has 1 aromatic heterocycles. The summed E-state index contributed by atoms with van der Waals surface area (Å²) in [5.41, 5.74) is 2.43. The molecule has 1 aromatic carbocycles. The highest BCUT2D eigenvalue weighted by Crippen LogP contribution is 2.35. The van der Waals surface area contributed by atoms with Crippen molar-refractivity contribution in [2.75, 3.05) is 20.3 Å². The van der Waals surface area contributed by atoms with Crippen molar-refractivity contribution in [1.82, 2.24) is 5.32 Å². The molecule has 1 aliphatic heterocycles. The molecule has 0 aliphatic carbocycles. The topological polar surface area (TPSA) is 30.5 Å². The number of hydrogen-bond donors (Lipinski definition) is 1. The summed E-state index contributed by atoms with van der Waals surface area (Å²) in [6.45, 7) is 1.43. The zero-order valence-corrected chi connectivity index (χ0v) is 13.6. The average Bonchev–Trinajstić information content (AvgIpc) is 2.75. The Bertz CT molecular complexity index is 599. The van der Waals surface area contributed by atoms with Gasteiger partial charge in [-0.1, -0.05) is 6.07 Å². The predicted molar refractivity (Wildman–Crippen MR) is 85.0 cm³/mol. The van der Waals surface area contributed by atoms with Gasteiger partial charge in [0.25, 0.3) is 0 Å². The Morgan fingerprint density at radius 2 is 1.95 bits per heavy atom. The molecule has 2 aromatic rings. The number of nitrogens with one attached hydrogen (secondary N) is 1. The molecule has 0 saturated carbocycles. The normalized spacial score (nSPS) is 15.7. The van der Waals surface area contributed by atoms with Gasteiger partial charge in [-0.15, -0.1) is 11.3 Å². The van der Waals surface area contributed by atoms with E-state index in [0.717, 1.165) is 28.3 Å². The maximum Gasteiger partial charge on any atom is 0.161 e. The highest BCUT2D eigenvalue weighted by Gasteiger charge is 2.17. The van der Waals surface area contributed by atoms with Crippen LogP contribution in [0.4, 0.5) is 0 Å². The van der Waals surface area contributed by atoms with Gasteiger partial charge in [0.2, 0.25) is 0 Å². The maximum atomic E-state index is 5.77. The lowest BCUT2D eigenvalue weighted by atomic mass is 10.0. The third-order valence-corrected chi connectivity index (χ3v) is 4.84. The fraction of sp³-hybridized carbons (Fsp3) is 0.333. The van der Waals surface area contributed by atoms with Crippen molar-refractivity contribution < 1.29 is 9.47 Å². The molecule has 1 unspecified atom stereocenters. The van der Waals surface area contributed by atoms with Gasteiger partial charge in [0.05, 0.1) is 23.0 Å². The first-order chi connectivity index (χ1) is 9.78. The van der Waals surface area contributed by atoms with E-state index in [1.54, 1.807) is 11.3 Å². The first-order valence-electron chi connectivity index (χ1n) is 6.58. The van der Waals surface area contributed by atoms with Crippen LogP contribution in [0.5, 0.6) is 11.5 Å². The van der Waals surface area contributed by atoms with E-state index in [-0.39, 0.29) is 6.04 Å². The molecule has 0 radical (unpaired) electrons. The van der Waals surface area contributed by atoms with E-state index in [9.17, 15) is 0 Å². The van der Waals surface area contributed by atoms with Crippen molar-refractivity contribution in [3.05, 3.63) is 44.6 Å². The number of halogens is 1. The minimum Gasteiger partial charge on any atom is -0.490 e. The van der Waals surface area contributed by atoms with E-state index in [2.05, 4.69) is 44.8 Å². The van der Waals surface area contributed by atoms with Crippen molar-refractivity contribution in [3.8, 4) is 11.5 Å². The van der Waals surface area contributed by atoms with Crippen LogP contribution in [0.1, 0.15) is 23.6 Å². The zero-order valence-electron chi connectivity index (χ0n) is 11.2. The Labute approximate surface area is 131 Å². The summed E-state index contributed by atoms with van der Waals surface area (Å²) >= 11 is 5.21. The number of ether oxygens (including phenoxy) is 2. The van der Waals surface area contributed by atoms with Crippen LogP contribution < -0.4 is 14.8 Å². The van der Waals surface area contributed by atoms with Crippen molar-refractivity contribution in [2.24, 2.45) is 0 Å². The average molecular weight is 354 g/mol. The minimum atomic E-state index is 0.162. The number of hydrogen-bond acceptors (Lipinski definition) is 4. The molecule has 5 heteroatoms. The molecule has 0 amide bonds. The largest absolute Gasteiger partial charge is 0.490 e. The summed E-state index contributed by atoms with van der Waals surface area (Å²) in [5.74, 6) is 1.68. The first kappa shape index (κ1) is 13.9. The van der Waals surface area contributed by atoms with E-state index >= 15 is 0 Å². The van der Waals surface area contributed by atoms with E-state index in [4.69, 9.17) is 9.47 Å². The van der Waals surface area contributed by atoms with E-state index < -0.39 is 0 Å². The van der Waals surface area contributed by atoms with Crippen molar-refractivity contribution in [1.29, 1.82) is 0 Å². The zero-order chi connectivity index (χ0) is 13.9. The Morgan fingerprint density at radius 3 is 2.65 bits per heavy atom. The van der Waals surface area contributed by atoms with Gasteiger partial charge in [0.1, 0.15) is 0 Å². The Balaban J connectivity index is 1.94. The van der Waals surface area contributed by atoms with Crippen LogP contribution in [0.25, 0.3) is 0 Å². The molecule has 3 rings (SSSR count). The van der Waals surface area contributed by atoms with Crippen LogP contribution in [-0.2, 0) is 0 Å². The first-order valence-corrected chi connectivity index (χ1v) is 8.26. The predicted octanol–water partition coefficient (Wildman–Crippen LogP) is 3.98. The molecule has 3 nitrogen and oxygen atoms in total. The molecule has 1 N–H and O–H groups in total. The van der Waals surface area contributed by atoms with Crippen LogP contribution in [0.3, 0.4) is 0 Å². The molecule has 0 fully saturated rings. The molecular weight excluding hydrogens is 338 g/mol. The number of fused-ring (bicyclic) bond motifs is 1. The van der Waals surface area contributed by atoms with Gasteiger partial charge in [-0.25, -0.2) is 0 Å².